The van der Waals surface area contributed by atoms with Crippen LogP contribution in [-0.2, 0) is 4.43 Å². The fraction of sp³-hybridized carbons (Fsp3) is 0.348. The van der Waals surface area contributed by atoms with Gasteiger partial charge < -0.3 is 9.16 Å². The summed E-state index contributed by atoms with van der Waals surface area (Å²) in [5, 5.41) is 9.19. The van der Waals surface area contributed by atoms with Gasteiger partial charge in [0.25, 0.3) is 0 Å². The molecule has 2 aromatic rings. The van der Waals surface area contributed by atoms with E-state index in [2.05, 4.69) is 86.2 Å². The summed E-state index contributed by atoms with van der Waals surface area (Å²) in [4.78, 5) is 0. The summed E-state index contributed by atoms with van der Waals surface area (Å²) < 4.78 is 14.0. The Kier molecular flexibility index (Phi) is 5.86. The molecule has 0 saturated heterocycles. The molecule has 0 spiro atoms. The van der Waals surface area contributed by atoms with E-state index in [-0.39, 0.29) is 17.2 Å². The van der Waals surface area contributed by atoms with Crippen molar-refractivity contribution in [3.63, 3.8) is 0 Å². The second-order valence-corrected chi connectivity index (χ2v) is 14.2. The lowest BCUT2D eigenvalue weighted by Gasteiger charge is -2.42. The number of benzene rings is 2. The minimum atomic E-state index is -2.02. The van der Waals surface area contributed by atoms with Crippen molar-refractivity contribution in [2.24, 2.45) is 0 Å². The first kappa shape index (κ1) is 20.9. The van der Waals surface area contributed by atoms with Crippen molar-refractivity contribution in [2.45, 2.75) is 51.1 Å². The minimum Gasteiger partial charge on any atom is -0.482 e. The van der Waals surface area contributed by atoms with Crippen LogP contribution in [0, 0.1) is 11.3 Å². The average Bonchev–Trinajstić information content (AvgIpc) is 2.64. The molecular formula is C23H26BrNO2Si. The van der Waals surface area contributed by atoms with Gasteiger partial charge in [0.1, 0.15) is 18.0 Å². The highest BCUT2D eigenvalue weighted by Gasteiger charge is 2.42. The van der Waals surface area contributed by atoms with E-state index in [0.717, 1.165) is 10.0 Å². The first-order chi connectivity index (χ1) is 13.1. The molecule has 1 aliphatic carbocycles. The van der Waals surface area contributed by atoms with Gasteiger partial charge in [-0.05, 0) is 69.5 Å². The quantitative estimate of drug-likeness (QED) is 0.472. The zero-order valence-electron chi connectivity index (χ0n) is 17.0. The first-order valence-electron chi connectivity index (χ1n) is 9.43. The standard InChI is InChI=1S/C23H26BrNO2Si/c1-23(2,3)28(4,5)27-22-18-9-7-6-8-17(18)11-13-21(22)26-20-12-10-16(15-25)14-19(20)24/h6-14,21-22H,1-5H3/t21-,22-/m1/s1. The minimum absolute atomic E-state index is 0.0999. The van der Waals surface area contributed by atoms with Crippen molar-refractivity contribution in [2.75, 3.05) is 0 Å². The van der Waals surface area contributed by atoms with Crippen LogP contribution in [0.1, 0.15) is 43.6 Å². The first-order valence-corrected chi connectivity index (χ1v) is 13.1. The molecule has 0 fully saturated rings. The van der Waals surface area contributed by atoms with Crippen molar-refractivity contribution in [1.82, 2.24) is 0 Å². The predicted molar refractivity (Wildman–Crippen MR) is 120 cm³/mol. The lowest BCUT2D eigenvalue weighted by atomic mass is 9.93. The van der Waals surface area contributed by atoms with E-state index < -0.39 is 8.32 Å². The average molecular weight is 456 g/mol. The van der Waals surface area contributed by atoms with E-state index in [9.17, 15) is 0 Å². The zero-order chi connectivity index (χ0) is 20.5. The fourth-order valence-corrected chi connectivity index (χ4v) is 4.66. The molecule has 0 aromatic heterocycles. The lowest BCUT2D eigenvalue weighted by Crippen LogP contribution is -2.45. The van der Waals surface area contributed by atoms with Gasteiger partial charge in [-0.1, -0.05) is 51.1 Å². The van der Waals surface area contributed by atoms with Crippen molar-refractivity contribution in [3.8, 4) is 11.8 Å². The predicted octanol–water partition coefficient (Wildman–Crippen LogP) is 6.86. The highest BCUT2D eigenvalue weighted by molar-refractivity contribution is 9.10. The lowest BCUT2D eigenvalue weighted by molar-refractivity contribution is 0.0699. The smallest absolute Gasteiger partial charge is 0.193 e. The third-order valence-corrected chi connectivity index (χ3v) is 10.7. The number of hydrogen-bond donors (Lipinski definition) is 0. The van der Waals surface area contributed by atoms with Crippen molar-refractivity contribution >= 4 is 30.3 Å². The summed E-state index contributed by atoms with van der Waals surface area (Å²) in [6, 6.07) is 15.9. The van der Waals surface area contributed by atoms with Crippen molar-refractivity contribution < 1.29 is 9.16 Å². The van der Waals surface area contributed by atoms with Crippen LogP contribution in [0.5, 0.6) is 5.75 Å². The van der Waals surface area contributed by atoms with Crippen LogP contribution >= 0.6 is 15.9 Å². The number of fused-ring (bicyclic) bond motifs is 1. The van der Waals surface area contributed by atoms with Crippen molar-refractivity contribution in [3.05, 3.63) is 69.7 Å². The maximum atomic E-state index is 9.09. The van der Waals surface area contributed by atoms with Gasteiger partial charge in [-0.2, -0.15) is 5.26 Å². The third kappa shape index (κ3) is 4.25. The topological polar surface area (TPSA) is 42.2 Å². The molecule has 0 aliphatic heterocycles. The van der Waals surface area contributed by atoms with Crippen LogP contribution in [0.4, 0.5) is 0 Å². The monoisotopic (exact) mass is 455 g/mol. The Hall–Kier alpha value is -1.87. The van der Waals surface area contributed by atoms with Gasteiger partial charge in [0.2, 0.25) is 0 Å². The van der Waals surface area contributed by atoms with E-state index in [0.29, 0.717) is 11.3 Å². The Morgan fingerprint density at radius 3 is 2.46 bits per heavy atom. The zero-order valence-corrected chi connectivity index (χ0v) is 19.6. The van der Waals surface area contributed by atoms with Gasteiger partial charge in [-0.25, -0.2) is 0 Å². The largest absolute Gasteiger partial charge is 0.482 e. The Labute approximate surface area is 177 Å². The van der Waals surface area contributed by atoms with Gasteiger partial charge in [0, 0.05) is 0 Å². The molecule has 0 saturated carbocycles. The Balaban J connectivity index is 1.96. The normalized spacial score (nSPS) is 19.0. The molecule has 1 aliphatic rings. The number of ether oxygens (including phenoxy) is 1. The van der Waals surface area contributed by atoms with E-state index in [1.807, 2.05) is 12.1 Å². The highest BCUT2D eigenvalue weighted by Crippen LogP contribution is 2.43. The van der Waals surface area contributed by atoms with E-state index >= 15 is 0 Å². The number of rotatable bonds is 4. The summed E-state index contributed by atoms with van der Waals surface area (Å²) in [5.74, 6) is 0.705. The SMILES string of the molecule is CC(C)(C)[Si](C)(C)O[C@@H]1c2ccccc2C=C[C@H]1Oc1ccc(C#N)cc1Br. The molecule has 0 radical (unpaired) electrons. The van der Waals surface area contributed by atoms with Gasteiger partial charge in [-0.15, -0.1) is 0 Å². The van der Waals surface area contributed by atoms with Crippen molar-refractivity contribution in [1.29, 1.82) is 5.26 Å². The van der Waals surface area contributed by atoms with E-state index in [4.69, 9.17) is 14.4 Å². The van der Waals surface area contributed by atoms with Gasteiger partial charge in [-0.3, -0.25) is 0 Å². The molecule has 0 bridgehead atoms. The Morgan fingerprint density at radius 2 is 1.82 bits per heavy atom. The number of nitriles is 1. The molecule has 146 valence electrons. The van der Waals surface area contributed by atoms with Crippen LogP contribution < -0.4 is 4.74 Å². The molecule has 0 unspecified atom stereocenters. The van der Waals surface area contributed by atoms with Gasteiger partial charge in [0.15, 0.2) is 8.32 Å². The van der Waals surface area contributed by atoms with Crippen LogP contribution in [0.25, 0.3) is 6.08 Å². The van der Waals surface area contributed by atoms with Crippen LogP contribution in [-0.4, -0.2) is 14.4 Å². The number of halogens is 1. The summed E-state index contributed by atoms with van der Waals surface area (Å²) in [6.07, 6.45) is 3.76. The second-order valence-electron chi connectivity index (χ2n) is 8.63. The third-order valence-electron chi connectivity index (χ3n) is 5.62. The summed E-state index contributed by atoms with van der Waals surface area (Å²) >= 11 is 3.53. The molecule has 0 amide bonds. The maximum Gasteiger partial charge on any atom is 0.193 e. The molecule has 3 rings (SSSR count). The highest BCUT2D eigenvalue weighted by atomic mass is 79.9. The molecule has 0 heterocycles. The second kappa shape index (κ2) is 7.86. The fourth-order valence-electron chi connectivity index (χ4n) is 2.94. The van der Waals surface area contributed by atoms with Gasteiger partial charge in [0.05, 0.1) is 16.1 Å². The molecule has 5 heteroatoms. The summed E-state index contributed by atoms with van der Waals surface area (Å²) in [7, 11) is -2.02. The van der Waals surface area contributed by atoms with Crippen LogP contribution in [0.15, 0.2) is 53.0 Å². The summed E-state index contributed by atoms with van der Waals surface area (Å²) in [6.45, 7) is 11.3. The van der Waals surface area contributed by atoms with Crippen LogP contribution in [0.3, 0.4) is 0 Å². The maximum absolute atomic E-state index is 9.09. The molecule has 3 nitrogen and oxygen atoms in total. The van der Waals surface area contributed by atoms with E-state index in [1.54, 1.807) is 12.1 Å². The molecular weight excluding hydrogens is 430 g/mol. The van der Waals surface area contributed by atoms with Crippen LogP contribution in [0.2, 0.25) is 18.1 Å². The van der Waals surface area contributed by atoms with E-state index in [1.165, 1.54) is 5.56 Å². The number of hydrogen-bond acceptors (Lipinski definition) is 3. The molecule has 2 aromatic carbocycles. The molecule has 28 heavy (non-hydrogen) atoms. The summed E-state index contributed by atoms with van der Waals surface area (Å²) in [5.41, 5.74) is 2.92. The molecule has 0 N–H and O–H groups in total. The van der Waals surface area contributed by atoms with Gasteiger partial charge >= 0.3 is 0 Å². The number of nitrogens with zero attached hydrogens (tertiary/aromatic N) is 1. The molecule has 2 atom stereocenters. The Bertz CT molecular complexity index is 940. The Morgan fingerprint density at radius 1 is 1.11 bits per heavy atom.